The summed E-state index contributed by atoms with van der Waals surface area (Å²) in [7, 11) is 0. The summed E-state index contributed by atoms with van der Waals surface area (Å²) in [6, 6.07) is 15.6. The number of rotatable bonds is 2. The summed E-state index contributed by atoms with van der Waals surface area (Å²) >= 11 is 2.13. The van der Waals surface area contributed by atoms with Crippen molar-refractivity contribution in [1.82, 2.24) is 0 Å². The molecule has 0 amide bonds. The number of ether oxygens (including phenoxy) is 1. The molecule has 3 nitrogen and oxygen atoms in total. The second kappa shape index (κ2) is 5.65. The number of carbonyl (C=O) groups excluding carboxylic acids is 1. The Kier molecular flexibility index (Phi) is 3.95. The lowest BCUT2D eigenvalue weighted by Crippen LogP contribution is -2.08. The van der Waals surface area contributed by atoms with Gasteiger partial charge in [-0.15, -0.1) is 0 Å². The molecule has 0 aliphatic rings. The molecule has 88 valence electrons. The van der Waals surface area contributed by atoms with Crippen LogP contribution in [-0.4, -0.2) is 5.97 Å². The highest BCUT2D eigenvalue weighted by molar-refractivity contribution is 14.1. The number of nitriles is 1. The number of halogens is 1. The van der Waals surface area contributed by atoms with E-state index in [0.717, 1.165) is 3.57 Å². The maximum absolute atomic E-state index is 11.9. The van der Waals surface area contributed by atoms with Gasteiger partial charge in [0.25, 0.3) is 0 Å². The van der Waals surface area contributed by atoms with Crippen LogP contribution in [0.3, 0.4) is 0 Å². The topological polar surface area (TPSA) is 50.1 Å². The molecule has 0 unspecified atom stereocenters. The van der Waals surface area contributed by atoms with Gasteiger partial charge in [-0.3, -0.25) is 0 Å². The van der Waals surface area contributed by atoms with Crippen molar-refractivity contribution in [3.05, 3.63) is 63.2 Å². The maximum atomic E-state index is 11.9. The fourth-order valence-electron chi connectivity index (χ4n) is 1.41. The van der Waals surface area contributed by atoms with Crippen LogP contribution in [0.25, 0.3) is 0 Å². The smallest absolute Gasteiger partial charge is 0.343 e. The summed E-state index contributed by atoms with van der Waals surface area (Å²) in [5.41, 5.74) is 0.951. The van der Waals surface area contributed by atoms with Crippen LogP contribution in [0.4, 0.5) is 0 Å². The second-order valence-corrected chi connectivity index (χ2v) is 4.79. The van der Waals surface area contributed by atoms with E-state index in [1.807, 2.05) is 12.1 Å². The molecule has 0 aliphatic heterocycles. The first-order valence-electron chi connectivity index (χ1n) is 5.17. The lowest BCUT2D eigenvalue weighted by molar-refractivity contribution is 0.0734. The summed E-state index contributed by atoms with van der Waals surface area (Å²) in [4.78, 5) is 11.9. The third-order valence-corrected chi connectivity index (χ3v) is 2.90. The molecule has 2 aromatic rings. The van der Waals surface area contributed by atoms with Crippen molar-refractivity contribution in [3.8, 4) is 11.8 Å². The normalized spacial score (nSPS) is 9.56. The molecule has 0 fully saturated rings. The standard InChI is InChI=1S/C14H8INO2/c15-12-5-2-4-11(8-12)14(17)18-13-6-1-3-10(7-13)9-16/h1-8H. The Labute approximate surface area is 118 Å². The van der Waals surface area contributed by atoms with E-state index in [2.05, 4.69) is 22.6 Å². The first kappa shape index (κ1) is 12.6. The van der Waals surface area contributed by atoms with Crippen molar-refractivity contribution in [3.63, 3.8) is 0 Å². The number of benzene rings is 2. The maximum Gasteiger partial charge on any atom is 0.343 e. The van der Waals surface area contributed by atoms with Crippen LogP contribution in [0.1, 0.15) is 15.9 Å². The average molecular weight is 349 g/mol. The SMILES string of the molecule is N#Cc1cccc(OC(=O)c2cccc(I)c2)c1. The lowest BCUT2D eigenvalue weighted by atomic mass is 10.2. The van der Waals surface area contributed by atoms with Gasteiger partial charge in [-0.1, -0.05) is 12.1 Å². The van der Waals surface area contributed by atoms with Gasteiger partial charge in [0, 0.05) is 3.57 Å². The van der Waals surface area contributed by atoms with E-state index in [4.69, 9.17) is 10.00 Å². The predicted octanol–water partition coefficient (Wildman–Crippen LogP) is 3.38. The zero-order valence-corrected chi connectivity index (χ0v) is 11.4. The zero-order chi connectivity index (χ0) is 13.0. The van der Waals surface area contributed by atoms with Crippen LogP contribution in [-0.2, 0) is 0 Å². The third kappa shape index (κ3) is 3.08. The van der Waals surface area contributed by atoms with Gasteiger partial charge in [0.1, 0.15) is 5.75 Å². The Bertz CT molecular complexity index is 632. The molecule has 2 rings (SSSR count). The molecule has 4 heteroatoms. The minimum Gasteiger partial charge on any atom is -0.423 e. The second-order valence-electron chi connectivity index (χ2n) is 3.54. The fourth-order valence-corrected chi connectivity index (χ4v) is 1.95. The van der Waals surface area contributed by atoms with Crippen LogP contribution < -0.4 is 4.74 Å². The summed E-state index contributed by atoms with van der Waals surface area (Å²) in [5.74, 6) is -0.0542. The van der Waals surface area contributed by atoms with Crippen LogP contribution in [0, 0.1) is 14.9 Å². The first-order valence-corrected chi connectivity index (χ1v) is 6.25. The predicted molar refractivity (Wildman–Crippen MR) is 75.3 cm³/mol. The molecule has 0 saturated heterocycles. The molecule has 0 atom stereocenters. The van der Waals surface area contributed by atoms with Crippen LogP contribution in [0.5, 0.6) is 5.75 Å². The molecular formula is C14H8INO2. The van der Waals surface area contributed by atoms with Crippen molar-refractivity contribution in [2.75, 3.05) is 0 Å². The van der Waals surface area contributed by atoms with Gasteiger partial charge in [0.05, 0.1) is 17.2 Å². The minimum atomic E-state index is -0.427. The van der Waals surface area contributed by atoms with Crippen molar-refractivity contribution >= 4 is 28.6 Å². The third-order valence-electron chi connectivity index (χ3n) is 2.23. The highest BCUT2D eigenvalue weighted by atomic mass is 127. The van der Waals surface area contributed by atoms with E-state index >= 15 is 0 Å². The van der Waals surface area contributed by atoms with Crippen molar-refractivity contribution in [2.45, 2.75) is 0 Å². The Morgan fingerprint density at radius 2 is 1.94 bits per heavy atom. The molecule has 0 aliphatic carbocycles. The molecule has 0 N–H and O–H groups in total. The Balaban J connectivity index is 2.19. The van der Waals surface area contributed by atoms with Gasteiger partial charge >= 0.3 is 5.97 Å². The minimum absolute atomic E-state index is 0.373. The van der Waals surface area contributed by atoms with Crippen molar-refractivity contribution < 1.29 is 9.53 Å². The van der Waals surface area contributed by atoms with Gasteiger partial charge in [-0.25, -0.2) is 4.79 Å². The van der Waals surface area contributed by atoms with Crippen molar-refractivity contribution in [2.24, 2.45) is 0 Å². The van der Waals surface area contributed by atoms with Gasteiger partial charge in [0.15, 0.2) is 0 Å². The van der Waals surface area contributed by atoms with Gasteiger partial charge in [-0.2, -0.15) is 5.26 Å². The summed E-state index contributed by atoms with van der Waals surface area (Å²) < 4.78 is 6.17. The average Bonchev–Trinajstić information content (AvgIpc) is 2.39. The van der Waals surface area contributed by atoms with Crippen LogP contribution >= 0.6 is 22.6 Å². The molecule has 0 heterocycles. The molecule has 2 aromatic carbocycles. The molecule has 18 heavy (non-hydrogen) atoms. The van der Waals surface area contributed by atoms with E-state index in [9.17, 15) is 4.79 Å². The molecule has 0 aromatic heterocycles. The molecule has 0 spiro atoms. The monoisotopic (exact) mass is 349 g/mol. The summed E-state index contributed by atoms with van der Waals surface area (Å²) in [6.07, 6.45) is 0. The highest BCUT2D eigenvalue weighted by Crippen LogP contribution is 2.15. The number of nitrogens with zero attached hydrogens (tertiary/aromatic N) is 1. The van der Waals surface area contributed by atoms with Crippen LogP contribution in [0.2, 0.25) is 0 Å². The number of carbonyl (C=O) groups is 1. The molecule has 0 radical (unpaired) electrons. The Hall–Kier alpha value is -1.87. The summed E-state index contributed by atoms with van der Waals surface area (Å²) in [5, 5.41) is 8.76. The van der Waals surface area contributed by atoms with E-state index in [-0.39, 0.29) is 0 Å². The van der Waals surface area contributed by atoms with E-state index < -0.39 is 5.97 Å². The fraction of sp³-hybridized carbons (Fsp3) is 0. The first-order chi connectivity index (χ1) is 8.69. The lowest BCUT2D eigenvalue weighted by Gasteiger charge is -2.04. The highest BCUT2D eigenvalue weighted by Gasteiger charge is 2.08. The Morgan fingerprint density at radius 3 is 2.67 bits per heavy atom. The summed E-state index contributed by atoms with van der Waals surface area (Å²) in [6.45, 7) is 0. The Morgan fingerprint density at radius 1 is 1.17 bits per heavy atom. The van der Waals surface area contributed by atoms with Gasteiger partial charge in [0.2, 0.25) is 0 Å². The largest absolute Gasteiger partial charge is 0.423 e. The van der Waals surface area contributed by atoms with Gasteiger partial charge < -0.3 is 4.74 Å². The quantitative estimate of drug-likeness (QED) is 0.475. The molecule has 0 saturated carbocycles. The zero-order valence-electron chi connectivity index (χ0n) is 9.26. The van der Waals surface area contributed by atoms with E-state index in [1.165, 1.54) is 6.07 Å². The van der Waals surface area contributed by atoms with Crippen molar-refractivity contribution in [1.29, 1.82) is 5.26 Å². The number of hydrogen-bond donors (Lipinski definition) is 0. The van der Waals surface area contributed by atoms with Crippen LogP contribution in [0.15, 0.2) is 48.5 Å². The van der Waals surface area contributed by atoms with E-state index in [1.54, 1.807) is 36.4 Å². The van der Waals surface area contributed by atoms with Gasteiger partial charge in [-0.05, 0) is 59.0 Å². The van der Waals surface area contributed by atoms with E-state index in [0.29, 0.717) is 16.9 Å². The molecule has 0 bridgehead atoms. The molecular weight excluding hydrogens is 341 g/mol. The number of hydrogen-bond acceptors (Lipinski definition) is 3. The number of esters is 1.